The first kappa shape index (κ1) is 12.5. The minimum absolute atomic E-state index is 0.141. The number of hydrogen-bond donors (Lipinski definition) is 1. The van der Waals surface area contributed by atoms with Gasteiger partial charge < -0.3 is 5.11 Å². The lowest BCUT2D eigenvalue weighted by Gasteiger charge is -2.38. The highest BCUT2D eigenvalue weighted by atomic mass is 16.3. The van der Waals surface area contributed by atoms with Crippen molar-refractivity contribution in [1.29, 1.82) is 0 Å². The lowest BCUT2D eigenvalue weighted by Crippen LogP contribution is -2.40. The topological polar surface area (TPSA) is 46.0 Å². The van der Waals surface area contributed by atoms with Gasteiger partial charge in [0.25, 0.3) is 0 Å². The molecule has 1 N–H and O–H groups in total. The Hall–Kier alpha value is -0.960. The van der Waals surface area contributed by atoms with Crippen molar-refractivity contribution in [2.24, 2.45) is 5.92 Å². The third-order valence-corrected chi connectivity index (χ3v) is 3.61. The number of hydrogen-bond acceptors (Lipinski definition) is 3. The minimum Gasteiger partial charge on any atom is -0.395 e. The Kier molecular flexibility index (Phi) is 3.48. The first-order valence-electron chi connectivity index (χ1n) is 6.52. The monoisotopic (exact) mass is 234 g/mol. The van der Waals surface area contributed by atoms with Crippen LogP contribution in [0.25, 0.3) is 0 Å². The Labute approximate surface area is 103 Å². The van der Waals surface area contributed by atoms with Crippen LogP contribution in [-0.2, 0) is 11.8 Å². The molecule has 0 radical (unpaired) electrons. The fourth-order valence-electron chi connectivity index (χ4n) is 2.45. The van der Waals surface area contributed by atoms with Crippen molar-refractivity contribution in [3.05, 3.63) is 23.3 Å². The Balaban J connectivity index is 2.31. The number of aromatic nitrogens is 2. The molecule has 0 aliphatic heterocycles. The molecule has 1 aromatic rings. The van der Waals surface area contributed by atoms with Gasteiger partial charge in [0, 0.05) is 11.4 Å². The molecule has 1 heterocycles. The summed E-state index contributed by atoms with van der Waals surface area (Å²) in [5.74, 6) is 1.46. The van der Waals surface area contributed by atoms with Gasteiger partial charge in [-0.2, -0.15) is 0 Å². The van der Waals surface area contributed by atoms with E-state index in [1.807, 2.05) is 6.92 Å². The smallest absolute Gasteiger partial charge is 0.137 e. The molecule has 0 atom stereocenters. The summed E-state index contributed by atoms with van der Waals surface area (Å²) in [6, 6.07) is 2.06. The summed E-state index contributed by atoms with van der Waals surface area (Å²) >= 11 is 0. The Bertz CT molecular complexity index is 392. The van der Waals surface area contributed by atoms with Crippen LogP contribution in [0.3, 0.4) is 0 Å². The van der Waals surface area contributed by atoms with Gasteiger partial charge in [0.2, 0.25) is 0 Å². The molecule has 94 valence electrons. The zero-order chi connectivity index (χ0) is 12.5. The predicted molar refractivity (Wildman–Crippen MR) is 67.9 cm³/mol. The van der Waals surface area contributed by atoms with E-state index < -0.39 is 0 Å². The van der Waals surface area contributed by atoms with Crippen molar-refractivity contribution in [3.8, 4) is 0 Å². The van der Waals surface area contributed by atoms with Crippen molar-refractivity contribution in [3.63, 3.8) is 0 Å². The summed E-state index contributed by atoms with van der Waals surface area (Å²) in [4.78, 5) is 9.20. The molecule has 0 spiro atoms. The molecule has 1 fully saturated rings. The molecule has 2 rings (SSSR count). The number of aliphatic hydroxyl groups is 1. The van der Waals surface area contributed by atoms with Gasteiger partial charge in [-0.25, -0.2) is 9.97 Å². The summed E-state index contributed by atoms with van der Waals surface area (Å²) in [5.41, 5.74) is 1.99. The van der Waals surface area contributed by atoms with Crippen LogP contribution in [0.4, 0.5) is 0 Å². The summed E-state index contributed by atoms with van der Waals surface area (Å²) in [5, 5.41) is 9.57. The van der Waals surface area contributed by atoms with Crippen LogP contribution in [0.15, 0.2) is 6.07 Å². The second kappa shape index (κ2) is 4.73. The number of aryl methyl sites for hydroxylation is 1. The second-order valence-electron chi connectivity index (χ2n) is 5.71. The fourth-order valence-corrected chi connectivity index (χ4v) is 2.45. The van der Waals surface area contributed by atoms with E-state index in [4.69, 9.17) is 0 Å². The molecule has 1 aliphatic rings. The van der Waals surface area contributed by atoms with E-state index in [2.05, 4.69) is 29.9 Å². The van der Waals surface area contributed by atoms with Crippen LogP contribution in [0, 0.1) is 12.8 Å². The zero-order valence-corrected chi connectivity index (χ0v) is 11.0. The van der Waals surface area contributed by atoms with E-state index in [1.165, 1.54) is 6.42 Å². The third-order valence-electron chi connectivity index (χ3n) is 3.61. The molecule has 17 heavy (non-hydrogen) atoms. The molecule has 0 bridgehead atoms. The van der Waals surface area contributed by atoms with Gasteiger partial charge in [0.05, 0.1) is 12.0 Å². The number of aliphatic hydroxyl groups excluding tert-OH is 1. The number of rotatable bonds is 4. The van der Waals surface area contributed by atoms with Gasteiger partial charge >= 0.3 is 0 Å². The molecule has 0 aromatic carbocycles. The minimum atomic E-state index is -0.141. The molecule has 0 saturated heterocycles. The van der Waals surface area contributed by atoms with Gasteiger partial charge in [0.1, 0.15) is 5.82 Å². The van der Waals surface area contributed by atoms with E-state index in [0.29, 0.717) is 5.92 Å². The summed E-state index contributed by atoms with van der Waals surface area (Å²) in [7, 11) is 0. The lowest BCUT2D eigenvalue weighted by atomic mass is 9.68. The predicted octanol–water partition coefficient (Wildman–Crippen LogP) is 2.40. The van der Waals surface area contributed by atoms with Crippen LogP contribution >= 0.6 is 0 Å². The SMILES string of the molecule is Cc1cc(CC(C)C)nc(C2(CO)CCC2)n1. The molecule has 3 nitrogen and oxygen atoms in total. The van der Waals surface area contributed by atoms with Crippen LogP contribution in [0.5, 0.6) is 0 Å². The molecule has 0 amide bonds. The summed E-state index contributed by atoms with van der Waals surface area (Å²) < 4.78 is 0. The normalized spacial score (nSPS) is 18.2. The van der Waals surface area contributed by atoms with Gasteiger partial charge in [-0.05, 0) is 38.2 Å². The molecule has 1 aromatic heterocycles. The molecule has 1 saturated carbocycles. The Morgan fingerprint density at radius 2 is 2.06 bits per heavy atom. The van der Waals surface area contributed by atoms with Crippen molar-refractivity contribution >= 4 is 0 Å². The second-order valence-corrected chi connectivity index (χ2v) is 5.71. The van der Waals surface area contributed by atoms with Crippen molar-refractivity contribution < 1.29 is 5.11 Å². The van der Waals surface area contributed by atoms with Crippen molar-refractivity contribution in [2.75, 3.05) is 6.61 Å². The van der Waals surface area contributed by atoms with Crippen LogP contribution in [-0.4, -0.2) is 21.7 Å². The van der Waals surface area contributed by atoms with E-state index in [1.54, 1.807) is 0 Å². The van der Waals surface area contributed by atoms with E-state index in [9.17, 15) is 5.11 Å². The summed E-state index contributed by atoms with van der Waals surface area (Å²) in [6.07, 6.45) is 4.21. The highest BCUT2D eigenvalue weighted by Gasteiger charge is 2.41. The van der Waals surface area contributed by atoms with E-state index in [-0.39, 0.29) is 12.0 Å². The largest absolute Gasteiger partial charge is 0.395 e. The van der Waals surface area contributed by atoms with Gasteiger partial charge in [-0.1, -0.05) is 20.3 Å². The Morgan fingerprint density at radius 3 is 2.53 bits per heavy atom. The third kappa shape index (κ3) is 2.49. The maximum atomic E-state index is 9.57. The molecule has 3 heteroatoms. The number of nitrogens with zero attached hydrogens (tertiary/aromatic N) is 2. The average molecular weight is 234 g/mol. The highest BCUT2D eigenvalue weighted by Crippen LogP contribution is 2.41. The first-order chi connectivity index (χ1) is 8.05. The summed E-state index contributed by atoms with van der Waals surface area (Å²) in [6.45, 7) is 6.58. The lowest BCUT2D eigenvalue weighted by molar-refractivity contribution is 0.111. The van der Waals surface area contributed by atoms with Crippen LogP contribution in [0.1, 0.15) is 50.3 Å². The quantitative estimate of drug-likeness (QED) is 0.870. The molecular formula is C14H22N2O. The molecule has 1 aliphatic carbocycles. The van der Waals surface area contributed by atoms with Gasteiger partial charge in [0.15, 0.2) is 0 Å². The van der Waals surface area contributed by atoms with E-state index >= 15 is 0 Å². The van der Waals surface area contributed by atoms with Crippen LogP contribution in [0.2, 0.25) is 0 Å². The van der Waals surface area contributed by atoms with Crippen molar-refractivity contribution in [2.45, 2.75) is 51.9 Å². The highest BCUT2D eigenvalue weighted by molar-refractivity contribution is 5.19. The maximum Gasteiger partial charge on any atom is 0.137 e. The molecule has 0 unspecified atom stereocenters. The standard InChI is InChI=1S/C14H22N2O/c1-10(2)7-12-8-11(3)15-13(16-12)14(9-17)5-4-6-14/h8,10,17H,4-7,9H2,1-3H3. The average Bonchev–Trinajstić information content (AvgIpc) is 2.14. The maximum absolute atomic E-state index is 9.57. The first-order valence-corrected chi connectivity index (χ1v) is 6.52. The van der Waals surface area contributed by atoms with Gasteiger partial charge in [-0.15, -0.1) is 0 Å². The molecular weight excluding hydrogens is 212 g/mol. The Morgan fingerprint density at radius 1 is 1.35 bits per heavy atom. The van der Waals surface area contributed by atoms with Crippen LogP contribution < -0.4 is 0 Å². The zero-order valence-electron chi connectivity index (χ0n) is 11.0. The van der Waals surface area contributed by atoms with E-state index in [0.717, 1.165) is 36.5 Å². The van der Waals surface area contributed by atoms with Gasteiger partial charge in [-0.3, -0.25) is 0 Å². The van der Waals surface area contributed by atoms with Crippen molar-refractivity contribution in [1.82, 2.24) is 9.97 Å². The fraction of sp³-hybridized carbons (Fsp3) is 0.714.